The van der Waals surface area contributed by atoms with Crippen LogP contribution in [-0.2, 0) is 4.79 Å². The molecule has 1 aromatic heterocycles. The standard InChI is InChI=1S/C18H17N3O3S/c22-16-12-25-18(24)21(16)15-7-10-20(11-15)17(23)13-3-5-14(6-4-13)19-8-1-2-9-19/h1-6,8-9,15H,7,10-12H2. The number of hydrogen-bond acceptors (Lipinski definition) is 4. The van der Waals surface area contributed by atoms with E-state index in [9.17, 15) is 14.4 Å². The number of aromatic nitrogens is 1. The van der Waals surface area contributed by atoms with Crippen LogP contribution < -0.4 is 0 Å². The lowest BCUT2D eigenvalue weighted by Crippen LogP contribution is -2.41. The van der Waals surface area contributed by atoms with E-state index in [1.165, 1.54) is 4.90 Å². The van der Waals surface area contributed by atoms with Crippen LogP contribution >= 0.6 is 11.8 Å². The van der Waals surface area contributed by atoms with Gasteiger partial charge in [-0.25, -0.2) is 0 Å². The third kappa shape index (κ3) is 2.95. The Morgan fingerprint density at radius 1 is 1.08 bits per heavy atom. The first kappa shape index (κ1) is 16.0. The van der Waals surface area contributed by atoms with Gasteiger partial charge in [0.25, 0.3) is 11.1 Å². The topological polar surface area (TPSA) is 62.6 Å². The van der Waals surface area contributed by atoms with Crippen molar-refractivity contribution < 1.29 is 14.4 Å². The summed E-state index contributed by atoms with van der Waals surface area (Å²) in [5.41, 5.74) is 1.61. The first-order valence-corrected chi connectivity index (χ1v) is 9.13. The summed E-state index contributed by atoms with van der Waals surface area (Å²) in [5, 5.41) is -0.194. The van der Waals surface area contributed by atoms with Gasteiger partial charge in [-0.05, 0) is 42.8 Å². The molecule has 128 valence electrons. The molecule has 0 radical (unpaired) electrons. The van der Waals surface area contributed by atoms with Gasteiger partial charge in [-0.3, -0.25) is 19.3 Å². The fourth-order valence-electron chi connectivity index (χ4n) is 3.32. The monoisotopic (exact) mass is 355 g/mol. The van der Waals surface area contributed by atoms with Gasteiger partial charge in [0, 0.05) is 36.7 Å². The van der Waals surface area contributed by atoms with Crippen LogP contribution in [0.3, 0.4) is 0 Å². The van der Waals surface area contributed by atoms with Crippen LogP contribution in [0.4, 0.5) is 4.79 Å². The summed E-state index contributed by atoms with van der Waals surface area (Å²) in [6.45, 7) is 0.973. The summed E-state index contributed by atoms with van der Waals surface area (Å²) in [6, 6.07) is 11.1. The largest absolute Gasteiger partial charge is 0.336 e. The molecule has 1 unspecified atom stereocenters. The van der Waals surface area contributed by atoms with E-state index in [1.54, 1.807) is 4.90 Å². The molecule has 2 aliphatic rings. The Balaban J connectivity index is 1.45. The van der Waals surface area contributed by atoms with E-state index in [0.717, 1.165) is 17.4 Å². The van der Waals surface area contributed by atoms with Crippen LogP contribution in [0.15, 0.2) is 48.8 Å². The fraction of sp³-hybridized carbons (Fsp3) is 0.278. The third-order valence-corrected chi connectivity index (χ3v) is 5.45. The molecule has 6 nitrogen and oxygen atoms in total. The highest BCUT2D eigenvalue weighted by atomic mass is 32.2. The van der Waals surface area contributed by atoms with Gasteiger partial charge in [0.05, 0.1) is 11.8 Å². The molecule has 1 atom stereocenters. The van der Waals surface area contributed by atoms with E-state index in [1.807, 2.05) is 53.4 Å². The van der Waals surface area contributed by atoms with E-state index >= 15 is 0 Å². The molecule has 3 amide bonds. The van der Waals surface area contributed by atoms with Crippen molar-refractivity contribution in [1.82, 2.24) is 14.4 Å². The van der Waals surface area contributed by atoms with Crippen molar-refractivity contribution in [2.45, 2.75) is 12.5 Å². The molecule has 2 saturated heterocycles. The number of amides is 3. The number of carbonyl (C=O) groups excluding carboxylic acids is 3. The molecule has 0 bridgehead atoms. The second kappa shape index (κ2) is 6.40. The second-order valence-corrected chi connectivity index (χ2v) is 7.08. The van der Waals surface area contributed by atoms with Crippen LogP contribution in [0.1, 0.15) is 16.8 Å². The lowest BCUT2D eigenvalue weighted by Gasteiger charge is -2.22. The molecule has 0 spiro atoms. The molecule has 4 rings (SSSR count). The van der Waals surface area contributed by atoms with Crippen molar-refractivity contribution in [2.75, 3.05) is 18.8 Å². The molecule has 2 aliphatic heterocycles. The van der Waals surface area contributed by atoms with Gasteiger partial charge >= 0.3 is 0 Å². The van der Waals surface area contributed by atoms with Gasteiger partial charge in [-0.1, -0.05) is 11.8 Å². The van der Waals surface area contributed by atoms with Crippen molar-refractivity contribution in [2.24, 2.45) is 0 Å². The number of hydrogen-bond donors (Lipinski definition) is 0. The summed E-state index contributed by atoms with van der Waals surface area (Å²) in [5.74, 6) is 0.00288. The maximum atomic E-state index is 12.7. The Bertz CT molecular complexity index is 801. The van der Waals surface area contributed by atoms with Crippen LogP contribution in [0, 0.1) is 0 Å². The average molecular weight is 355 g/mol. The van der Waals surface area contributed by atoms with Crippen LogP contribution in [0.2, 0.25) is 0 Å². The van der Waals surface area contributed by atoms with E-state index in [2.05, 4.69) is 0 Å². The van der Waals surface area contributed by atoms with Crippen LogP contribution in [0.5, 0.6) is 0 Å². The highest BCUT2D eigenvalue weighted by Crippen LogP contribution is 2.27. The summed E-state index contributed by atoms with van der Waals surface area (Å²) in [6.07, 6.45) is 4.54. The molecule has 25 heavy (non-hydrogen) atoms. The lowest BCUT2D eigenvalue weighted by atomic mass is 10.2. The molecule has 2 fully saturated rings. The first-order valence-electron chi connectivity index (χ1n) is 8.15. The molecule has 1 aromatic carbocycles. The summed E-state index contributed by atoms with van der Waals surface area (Å²) in [7, 11) is 0. The van der Waals surface area contributed by atoms with E-state index < -0.39 is 0 Å². The maximum absolute atomic E-state index is 12.7. The molecule has 0 saturated carbocycles. The van der Waals surface area contributed by atoms with E-state index in [0.29, 0.717) is 25.1 Å². The van der Waals surface area contributed by atoms with E-state index in [-0.39, 0.29) is 28.8 Å². The number of imide groups is 1. The van der Waals surface area contributed by atoms with Crippen molar-refractivity contribution in [3.05, 3.63) is 54.4 Å². The van der Waals surface area contributed by atoms with Crippen LogP contribution in [0.25, 0.3) is 5.69 Å². The van der Waals surface area contributed by atoms with Gasteiger partial charge in [-0.2, -0.15) is 0 Å². The van der Waals surface area contributed by atoms with Gasteiger partial charge in [-0.15, -0.1) is 0 Å². The number of rotatable bonds is 3. The van der Waals surface area contributed by atoms with Crippen molar-refractivity contribution >= 4 is 28.8 Å². The van der Waals surface area contributed by atoms with Crippen molar-refractivity contribution in [3.8, 4) is 5.69 Å². The Hall–Kier alpha value is -2.54. The Morgan fingerprint density at radius 3 is 2.44 bits per heavy atom. The number of thioether (sulfide) groups is 1. The zero-order valence-electron chi connectivity index (χ0n) is 13.5. The number of carbonyl (C=O) groups is 3. The molecule has 7 heteroatoms. The third-order valence-electron chi connectivity index (χ3n) is 4.62. The fourth-order valence-corrected chi connectivity index (χ4v) is 4.10. The number of benzene rings is 1. The van der Waals surface area contributed by atoms with Gasteiger partial charge in [0.1, 0.15) is 0 Å². The smallest absolute Gasteiger partial charge is 0.289 e. The van der Waals surface area contributed by atoms with Gasteiger partial charge in [0.15, 0.2) is 0 Å². The average Bonchev–Trinajstić information content (AvgIpc) is 3.36. The Morgan fingerprint density at radius 2 is 1.80 bits per heavy atom. The lowest BCUT2D eigenvalue weighted by molar-refractivity contribution is -0.126. The van der Waals surface area contributed by atoms with E-state index in [4.69, 9.17) is 0 Å². The number of nitrogens with zero attached hydrogens (tertiary/aromatic N) is 3. The zero-order valence-corrected chi connectivity index (χ0v) is 14.3. The van der Waals surface area contributed by atoms with Crippen molar-refractivity contribution in [1.29, 1.82) is 0 Å². The zero-order chi connectivity index (χ0) is 17.4. The summed E-state index contributed by atoms with van der Waals surface area (Å²) < 4.78 is 1.97. The molecule has 2 aromatic rings. The molecule has 0 N–H and O–H groups in total. The molecular weight excluding hydrogens is 338 g/mol. The quantitative estimate of drug-likeness (QED) is 0.848. The molecule has 3 heterocycles. The minimum atomic E-state index is -0.196. The highest BCUT2D eigenvalue weighted by molar-refractivity contribution is 8.14. The Labute approximate surface area is 149 Å². The number of likely N-dealkylation sites (tertiary alicyclic amines) is 1. The molecule has 0 aliphatic carbocycles. The van der Waals surface area contributed by atoms with Crippen molar-refractivity contribution in [3.63, 3.8) is 0 Å². The van der Waals surface area contributed by atoms with Gasteiger partial charge in [0.2, 0.25) is 5.91 Å². The highest BCUT2D eigenvalue weighted by Gasteiger charge is 2.40. The predicted molar refractivity (Wildman–Crippen MR) is 94.8 cm³/mol. The van der Waals surface area contributed by atoms with Crippen LogP contribution in [-0.4, -0.2) is 56.3 Å². The SMILES string of the molecule is O=C(c1ccc(-n2cccc2)cc1)N1CCC(N2C(=O)CSC2=O)C1. The Kier molecular flexibility index (Phi) is 4.09. The minimum Gasteiger partial charge on any atom is -0.336 e. The summed E-state index contributed by atoms with van der Waals surface area (Å²) in [4.78, 5) is 39.4. The molecular formula is C18H17N3O3S. The second-order valence-electron chi connectivity index (χ2n) is 6.15. The first-order chi connectivity index (χ1) is 12.1. The predicted octanol–water partition coefficient (Wildman–Crippen LogP) is 2.39. The normalized spacial score (nSPS) is 20.6. The summed E-state index contributed by atoms with van der Waals surface area (Å²) >= 11 is 1.04. The minimum absolute atomic E-state index is 0.0618. The maximum Gasteiger partial charge on any atom is 0.289 e. The van der Waals surface area contributed by atoms with Gasteiger partial charge < -0.3 is 9.47 Å².